The fourth-order valence-corrected chi connectivity index (χ4v) is 1.77. The molecule has 0 aliphatic heterocycles. The van der Waals surface area contributed by atoms with Gasteiger partial charge in [0.05, 0.1) is 0 Å². The molecule has 0 atom stereocenters. The lowest BCUT2D eigenvalue weighted by Gasteiger charge is -2.10. The SMILES string of the molecule is C=Cc1cc(OCc2ccccc2)ccc1NC. The molecular weight excluding hydrogens is 222 g/mol. The average molecular weight is 239 g/mol. The molecule has 0 spiro atoms. The van der Waals surface area contributed by atoms with E-state index in [4.69, 9.17) is 4.74 Å². The molecule has 2 rings (SSSR count). The van der Waals surface area contributed by atoms with Crippen molar-refractivity contribution in [1.29, 1.82) is 0 Å². The molecular formula is C16H17NO. The second kappa shape index (κ2) is 5.92. The first-order valence-electron chi connectivity index (χ1n) is 5.94. The highest BCUT2D eigenvalue weighted by Gasteiger charge is 2.01. The monoisotopic (exact) mass is 239 g/mol. The Morgan fingerprint density at radius 2 is 1.94 bits per heavy atom. The molecule has 0 amide bonds. The van der Waals surface area contributed by atoms with Gasteiger partial charge >= 0.3 is 0 Å². The summed E-state index contributed by atoms with van der Waals surface area (Å²) < 4.78 is 5.76. The van der Waals surface area contributed by atoms with Crippen LogP contribution in [0.15, 0.2) is 55.1 Å². The first kappa shape index (κ1) is 12.2. The minimum atomic E-state index is 0.580. The van der Waals surface area contributed by atoms with Crippen molar-refractivity contribution in [3.8, 4) is 5.75 Å². The third-order valence-electron chi connectivity index (χ3n) is 2.76. The molecule has 0 aromatic heterocycles. The van der Waals surface area contributed by atoms with Crippen molar-refractivity contribution in [1.82, 2.24) is 0 Å². The van der Waals surface area contributed by atoms with Gasteiger partial charge in [-0.15, -0.1) is 0 Å². The molecule has 0 aliphatic rings. The summed E-state index contributed by atoms with van der Waals surface area (Å²) in [6.45, 7) is 4.38. The predicted molar refractivity (Wildman–Crippen MR) is 76.9 cm³/mol. The van der Waals surface area contributed by atoms with Crippen molar-refractivity contribution in [3.05, 3.63) is 66.2 Å². The quantitative estimate of drug-likeness (QED) is 0.853. The van der Waals surface area contributed by atoms with Crippen molar-refractivity contribution in [2.45, 2.75) is 6.61 Å². The number of hydrogen-bond donors (Lipinski definition) is 1. The molecule has 2 aromatic rings. The smallest absolute Gasteiger partial charge is 0.120 e. The average Bonchev–Trinajstić information content (AvgIpc) is 2.45. The lowest BCUT2D eigenvalue weighted by Crippen LogP contribution is -1.97. The summed E-state index contributed by atoms with van der Waals surface area (Å²) in [5.74, 6) is 0.854. The second-order valence-electron chi connectivity index (χ2n) is 3.98. The molecule has 0 bridgehead atoms. The highest BCUT2D eigenvalue weighted by molar-refractivity contribution is 5.67. The fraction of sp³-hybridized carbons (Fsp3) is 0.125. The Balaban J connectivity index is 2.08. The molecule has 2 nitrogen and oxygen atoms in total. The molecule has 0 saturated carbocycles. The van der Waals surface area contributed by atoms with Gasteiger partial charge in [-0.1, -0.05) is 43.0 Å². The molecule has 18 heavy (non-hydrogen) atoms. The van der Waals surface area contributed by atoms with E-state index in [2.05, 4.69) is 24.0 Å². The Bertz CT molecular complexity index is 520. The van der Waals surface area contributed by atoms with Crippen LogP contribution >= 0.6 is 0 Å². The number of ether oxygens (including phenoxy) is 1. The van der Waals surface area contributed by atoms with Gasteiger partial charge in [0.2, 0.25) is 0 Å². The largest absolute Gasteiger partial charge is 0.489 e. The van der Waals surface area contributed by atoms with Crippen molar-refractivity contribution < 1.29 is 4.74 Å². The minimum absolute atomic E-state index is 0.580. The summed E-state index contributed by atoms with van der Waals surface area (Å²) >= 11 is 0. The Morgan fingerprint density at radius 1 is 1.17 bits per heavy atom. The van der Waals surface area contributed by atoms with Gasteiger partial charge in [0.25, 0.3) is 0 Å². The summed E-state index contributed by atoms with van der Waals surface area (Å²) in [5.41, 5.74) is 3.26. The highest BCUT2D eigenvalue weighted by Crippen LogP contribution is 2.23. The standard InChI is InChI=1S/C16H17NO/c1-3-14-11-15(9-10-16(14)17-2)18-12-13-7-5-4-6-8-13/h3-11,17H,1,12H2,2H3. The maximum absolute atomic E-state index is 5.76. The van der Waals surface area contributed by atoms with E-state index < -0.39 is 0 Å². The van der Waals surface area contributed by atoms with Gasteiger partial charge in [0.15, 0.2) is 0 Å². The molecule has 0 saturated heterocycles. The van der Waals surface area contributed by atoms with Gasteiger partial charge in [-0.25, -0.2) is 0 Å². The molecule has 0 aliphatic carbocycles. The molecule has 92 valence electrons. The van der Waals surface area contributed by atoms with Gasteiger partial charge < -0.3 is 10.1 Å². The van der Waals surface area contributed by atoms with E-state index in [1.807, 2.05) is 49.5 Å². The van der Waals surface area contributed by atoms with E-state index in [1.54, 1.807) is 0 Å². The predicted octanol–water partition coefficient (Wildman–Crippen LogP) is 3.95. The molecule has 2 aromatic carbocycles. The van der Waals surface area contributed by atoms with Crippen LogP contribution < -0.4 is 10.1 Å². The van der Waals surface area contributed by atoms with Crippen LogP contribution in [0.2, 0.25) is 0 Å². The minimum Gasteiger partial charge on any atom is -0.489 e. The molecule has 0 unspecified atom stereocenters. The molecule has 2 heteroatoms. The van der Waals surface area contributed by atoms with Crippen LogP contribution in [0.1, 0.15) is 11.1 Å². The Hall–Kier alpha value is -2.22. The van der Waals surface area contributed by atoms with Crippen LogP contribution in [0.3, 0.4) is 0 Å². The van der Waals surface area contributed by atoms with Gasteiger partial charge in [0, 0.05) is 18.3 Å². The number of nitrogens with one attached hydrogen (secondary N) is 1. The van der Waals surface area contributed by atoms with Crippen LogP contribution in [-0.2, 0) is 6.61 Å². The number of benzene rings is 2. The zero-order valence-electron chi connectivity index (χ0n) is 10.5. The zero-order chi connectivity index (χ0) is 12.8. The van der Waals surface area contributed by atoms with Crippen molar-refractivity contribution >= 4 is 11.8 Å². The van der Waals surface area contributed by atoms with Crippen molar-refractivity contribution in [2.24, 2.45) is 0 Å². The maximum atomic E-state index is 5.76. The van der Waals surface area contributed by atoms with E-state index in [0.29, 0.717) is 6.61 Å². The van der Waals surface area contributed by atoms with Crippen molar-refractivity contribution in [2.75, 3.05) is 12.4 Å². The second-order valence-corrected chi connectivity index (χ2v) is 3.98. The van der Waals surface area contributed by atoms with E-state index in [1.165, 1.54) is 0 Å². The van der Waals surface area contributed by atoms with Crippen LogP contribution in [0.4, 0.5) is 5.69 Å². The number of anilines is 1. The first-order valence-corrected chi connectivity index (χ1v) is 5.94. The third kappa shape index (κ3) is 2.92. The van der Waals surface area contributed by atoms with Gasteiger partial charge in [0.1, 0.15) is 12.4 Å². The summed E-state index contributed by atoms with van der Waals surface area (Å²) in [6.07, 6.45) is 1.82. The van der Waals surface area contributed by atoms with E-state index in [9.17, 15) is 0 Å². The van der Waals surface area contributed by atoms with Crippen molar-refractivity contribution in [3.63, 3.8) is 0 Å². The lowest BCUT2D eigenvalue weighted by atomic mass is 10.1. The van der Waals surface area contributed by atoms with E-state index >= 15 is 0 Å². The normalized spacial score (nSPS) is 9.83. The Morgan fingerprint density at radius 3 is 2.61 bits per heavy atom. The molecule has 0 heterocycles. The summed E-state index contributed by atoms with van der Waals surface area (Å²) in [7, 11) is 1.90. The zero-order valence-corrected chi connectivity index (χ0v) is 10.5. The number of hydrogen-bond acceptors (Lipinski definition) is 2. The summed E-state index contributed by atoms with van der Waals surface area (Å²) in [5, 5.41) is 3.12. The van der Waals surface area contributed by atoms with Crippen LogP contribution in [-0.4, -0.2) is 7.05 Å². The maximum Gasteiger partial charge on any atom is 0.120 e. The summed E-state index contributed by atoms with van der Waals surface area (Å²) in [4.78, 5) is 0. The molecule has 0 radical (unpaired) electrons. The van der Waals surface area contributed by atoms with Gasteiger partial charge in [-0.05, 0) is 23.8 Å². The fourth-order valence-electron chi connectivity index (χ4n) is 1.77. The topological polar surface area (TPSA) is 21.3 Å². The first-order chi connectivity index (χ1) is 8.83. The molecule has 0 fully saturated rings. The van der Waals surface area contributed by atoms with E-state index in [-0.39, 0.29) is 0 Å². The van der Waals surface area contributed by atoms with Crippen LogP contribution in [0, 0.1) is 0 Å². The summed E-state index contributed by atoms with van der Waals surface area (Å²) in [6, 6.07) is 16.1. The molecule has 1 N–H and O–H groups in total. The lowest BCUT2D eigenvalue weighted by molar-refractivity contribution is 0.306. The van der Waals surface area contributed by atoms with Crippen LogP contribution in [0.5, 0.6) is 5.75 Å². The van der Waals surface area contributed by atoms with Gasteiger partial charge in [-0.3, -0.25) is 0 Å². The van der Waals surface area contributed by atoms with Crippen LogP contribution in [0.25, 0.3) is 6.08 Å². The van der Waals surface area contributed by atoms with E-state index in [0.717, 1.165) is 22.6 Å². The van der Waals surface area contributed by atoms with Gasteiger partial charge in [-0.2, -0.15) is 0 Å². The Kier molecular flexibility index (Phi) is 4.02. The Labute approximate surface area is 108 Å². The third-order valence-corrected chi connectivity index (χ3v) is 2.76. The number of rotatable bonds is 5. The highest BCUT2D eigenvalue weighted by atomic mass is 16.5.